The summed E-state index contributed by atoms with van der Waals surface area (Å²) in [5, 5.41) is 13.4. The molecule has 3 aromatic rings. The van der Waals surface area contributed by atoms with Crippen LogP contribution in [0.2, 0.25) is 0 Å². The number of nitrogens with one attached hydrogen (secondary N) is 2. The van der Waals surface area contributed by atoms with Crippen molar-refractivity contribution < 1.29 is 14.3 Å². The van der Waals surface area contributed by atoms with E-state index in [0.717, 1.165) is 16.5 Å². The second kappa shape index (κ2) is 9.99. The smallest absolute Gasteiger partial charge is 0.261 e. The fraction of sp³-hybridized carbons (Fsp3) is 0.217. The van der Waals surface area contributed by atoms with Crippen molar-refractivity contribution in [2.24, 2.45) is 0 Å². The van der Waals surface area contributed by atoms with Crippen LogP contribution in [0.3, 0.4) is 0 Å². The zero-order valence-electron chi connectivity index (χ0n) is 16.8. The van der Waals surface area contributed by atoms with Crippen LogP contribution >= 0.6 is 15.9 Å². The molecular weight excluding hydrogens is 446 g/mol. The van der Waals surface area contributed by atoms with Crippen LogP contribution in [0.4, 0.5) is 0 Å². The number of methoxy groups -OCH3 is 1. The third kappa shape index (κ3) is 4.84. The Kier molecular flexibility index (Phi) is 7.15. The summed E-state index contributed by atoms with van der Waals surface area (Å²) in [4.78, 5) is 15.7. The van der Waals surface area contributed by atoms with Crippen LogP contribution in [0.1, 0.15) is 18.1 Å². The predicted octanol–water partition coefficient (Wildman–Crippen LogP) is 4.60. The Bertz CT molecular complexity index is 1130. The second-order valence-electron chi connectivity index (χ2n) is 6.49. The minimum absolute atomic E-state index is 0.0147. The van der Waals surface area contributed by atoms with E-state index in [4.69, 9.17) is 9.47 Å². The SMILES string of the molecule is CCOc1cc(Br)c(/C=C(/C#N)C(=O)NCCc2c[nH]c3ccccc23)cc1OC. The molecule has 0 spiro atoms. The highest BCUT2D eigenvalue weighted by Crippen LogP contribution is 2.34. The first-order valence-corrected chi connectivity index (χ1v) is 10.3. The number of ether oxygens (including phenoxy) is 2. The van der Waals surface area contributed by atoms with Crippen LogP contribution in [0.15, 0.2) is 52.6 Å². The van der Waals surface area contributed by atoms with E-state index in [1.54, 1.807) is 19.2 Å². The standard InChI is InChI=1S/C23H22BrN3O3/c1-3-30-22-12-19(24)16(11-21(22)29-2)10-17(13-25)23(28)26-9-8-15-14-27-20-7-5-4-6-18(15)20/h4-7,10-12,14,27H,3,8-9H2,1-2H3,(H,26,28)/b17-10-. The summed E-state index contributed by atoms with van der Waals surface area (Å²) < 4.78 is 11.6. The number of hydrogen-bond donors (Lipinski definition) is 2. The Morgan fingerprint density at radius 3 is 2.83 bits per heavy atom. The van der Waals surface area contributed by atoms with E-state index in [2.05, 4.69) is 26.2 Å². The number of H-pyrrole nitrogens is 1. The van der Waals surface area contributed by atoms with Crippen molar-refractivity contribution in [2.75, 3.05) is 20.3 Å². The van der Waals surface area contributed by atoms with Crippen molar-refractivity contribution in [1.29, 1.82) is 5.26 Å². The van der Waals surface area contributed by atoms with Crippen LogP contribution in [-0.2, 0) is 11.2 Å². The van der Waals surface area contributed by atoms with Crippen LogP contribution in [-0.4, -0.2) is 31.2 Å². The maximum Gasteiger partial charge on any atom is 0.261 e. The molecule has 0 atom stereocenters. The lowest BCUT2D eigenvalue weighted by atomic mass is 10.1. The average Bonchev–Trinajstić information content (AvgIpc) is 3.16. The highest BCUT2D eigenvalue weighted by molar-refractivity contribution is 9.10. The molecule has 0 unspecified atom stereocenters. The molecule has 0 saturated carbocycles. The lowest BCUT2D eigenvalue weighted by molar-refractivity contribution is -0.117. The molecule has 2 N–H and O–H groups in total. The number of aromatic nitrogens is 1. The molecule has 1 aromatic heterocycles. The molecule has 0 radical (unpaired) electrons. The average molecular weight is 468 g/mol. The first-order valence-electron chi connectivity index (χ1n) is 9.52. The van der Waals surface area contributed by atoms with E-state index >= 15 is 0 Å². The summed E-state index contributed by atoms with van der Waals surface area (Å²) in [6, 6.07) is 13.5. The Balaban J connectivity index is 1.71. The number of carbonyl (C=O) groups excluding carboxylic acids is 1. The molecule has 0 bridgehead atoms. The second-order valence-corrected chi connectivity index (χ2v) is 7.35. The van der Waals surface area contributed by atoms with Gasteiger partial charge in [0, 0.05) is 28.1 Å². The van der Waals surface area contributed by atoms with Crippen LogP contribution in [0, 0.1) is 11.3 Å². The van der Waals surface area contributed by atoms with Crippen LogP contribution in [0.5, 0.6) is 11.5 Å². The molecule has 2 aromatic carbocycles. The number of amides is 1. The number of nitriles is 1. The van der Waals surface area contributed by atoms with E-state index in [9.17, 15) is 10.1 Å². The minimum Gasteiger partial charge on any atom is -0.493 e. The van der Waals surface area contributed by atoms with Gasteiger partial charge in [0.25, 0.3) is 5.91 Å². The summed E-state index contributed by atoms with van der Waals surface area (Å²) >= 11 is 3.46. The van der Waals surface area contributed by atoms with E-state index in [1.807, 2.05) is 43.5 Å². The number of rotatable bonds is 8. The maximum atomic E-state index is 12.5. The lowest BCUT2D eigenvalue weighted by Crippen LogP contribution is -2.26. The van der Waals surface area contributed by atoms with Gasteiger partial charge in [0.2, 0.25) is 0 Å². The number of fused-ring (bicyclic) bond motifs is 1. The molecule has 0 aliphatic heterocycles. The van der Waals surface area contributed by atoms with Crippen LogP contribution < -0.4 is 14.8 Å². The number of aromatic amines is 1. The Hall–Kier alpha value is -3.24. The Morgan fingerprint density at radius 1 is 1.30 bits per heavy atom. The van der Waals surface area contributed by atoms with Crippen molar-refractivity contribution in [3.05, 3.63) is 63.8 Å². The van der Waals surface area contributed by atoms with E-state index in [-0.39, 0.29) is 5.57 Å². The normalized spacial score (nSPS) is 11.2. The van der Waals surface area contributed by atoms with Gasteiger partial charge in [-0.05, 0) is 48.7 Å². The largest absolute Gasteiger partial charge is 0.493 e. The molecular formula is C23H22BrN3O3. The number of halogens is 1. The van der Waals surface area contributed by atoms with Gasteiger partial charge in [-0.3, -0.25) is 4.79 Å². The molecule has 0 aliphatic carbocycles. The van der Waals surface area contributed by atoms with Gasteiger partial charge in [0.15, 0.2) is 11.5 Å². The van der Waals surface area contributed by atoms with Gasteiger partial charge in [0.05, 0.1) is 13.7 Å². The van der Waals surface area contributed by atoms with Gasteiger partial charge >= 0.3 is 0 Å². The molecule has 3 rings (SSSR count). The van der Waals surface area contributed by atoms with Crippen LogP contribution in [0.25, 0.3) is 17.0 Å². The lowest BCUT2D eigenvalue weighted by Gasteiger charge is -2.12. The number of nitrogens with zero attached hydrogens (tertiary/aromatic N) is 1. The quantitative estimate of drug-likeness (QED) is 0.374. The van der Waals surface area contributed by atoms with Crippen molar-refractivity contribution in [2.45, 2.75) is 13.3 Å². The Labute approximate surface area is 183 Å². The highest BCUT2D eigenvalue weighted by atomic mass is 79.9. The molecule has 1 amide bonds. The van der Waals surface area contributed by atoms with Gasteiger partial charge in [0.1, 0.15) is 11.6 Å². The van der Waals surface area contributed by atoms with Gasteiger partial charge in [-0.2, -0.15) is 5.26 Å². The molecule has 1 heterocycles. The Morgan fingerprint density at radius 2 is 2.10 bits per heavy atom. The molecule has 154 valence electrons. The van der Waals surface area contributed by atoms with Gasteiger partial charge in [-0.1, -0.05) is 34.1 Å². The highest BCUT2D eigenvalue weighted by Gasteiger charge is 2.13. The number of para-hydroxylation sites is 1. The third-order valence-electron chi connectivity index (χ3n) is 4.60. The fourth-order valence-electron chi connectivity index (χ4n) is 3.14. The molecule has 0 aliphatic rings. The van der Waals surface area contributed by atoms with Crippen molar-refractivity contribution in [3.63, 3.8) is 0 Å². The monoisotopic (exact) mass is 467 g/mol. The first kappa shape index (κ1) is 21.5. The first-order chi connectivity index (χ1) is 14.6. The van der Waals surface area contributed by atoms with Crippen molar-refractivity contribution in [1.82, 2.24) is 10.3 Å². The summed E-state index contributed by atoms with van der Waals surface area (Å²) in [5.41, 5.74) is 2.84. The number of hydrogen-bond acceptors (Lipinski definition) is 4. The van der Waals surface area contributed by atoms with Gasteiger partial charge in [-0.15, -0.1) is 0 Å². The topological polar surface area (TPSA) is 87.1 Å². The summed E-state index contributed by atoms with van der Waals surface area (Å²) in [5.74, 6) is 0.700. The molecule has 0 fully saturated rings. The molecule has 30 heavy (non-hydrogen) atoms. The summed E-state index contributed by atoms with van der Waals surface area (Å²) in [7, 11) is 1.54. The fourth-order valence-corrected chi connectivity index (χ4v) is 3.57. The van der Waals surface area contributed by atoms with Gasteiger partial charge in [-0.25, -0.2) is 0 Å². The van der Waals surface area contributed by atoms with E-state index < -0.39 is 5.91 Å². The summed E-state index contributed by atoms with van der Waals surface area (Å²) in [6.07, 6.45) is 4.14. The molecule has 0 saturated heterocycles. The zero-order chi connectivity index (χ0) is 21.5. The molecule has 7 heteroatoms. The number of benzene rings is 2. The number of carbonyl (C=O) groups is 1. The zero-order valence-corrected chi connectivity index (χ0v) is 18.4. The molecule has 6 nitrogen and oxygen atoms in total. The van der Waals surface area contributed by atoms with Crippen molar-refractivity contribution >= 4 is 38.8 Å². The van der Waals surface area contributed by atoms with Gasteiger partial charge < -0.3 is 19.8 Å². The van der Waals surface area contributed by atoms with E-state index in [0.29, 0.717) is 41.1 Å². The predicted molar refractivity (Wildman–Crippen MR) is 120 cm³/mol. The summed E-state index contributed by atoms with van der Waals surface area (Å²) in [6.45, 7) is 2.81. The minimum atomic E-state index is -0.419. The van der Waals surface area contributed by atoms with E-state index in [1.165, 1.54) is 6.08 Å². The maximum absolute atomic E-state index is 12.5. The third-order valence-corrected chi connectivity index (χ3v) is 5.29. The van der Waals surface area contributed by atoms with Crippen molar-refractivity contribution in [3.8, 4) is 17.6 Å².